The van der Waals surface area contributed by atoms with Gasteiger partial charge in [-0.2, -0.15) is 0 Å². The van der Waals surface area contributed by atoms with E-state index in [4.69, 9.17) is 17.0 Å². The Hall–Kier alpha value is -1.85. The van der Waals surface area contributed by atoms with Gasteiger partial charge in [-0.25, -0.2) is 0 Å². The van der Waals surface area contributed by atoms with Crippen molar-refractivity contribution in [2.24, 2.45) is 0 Å². The van der Waals surface area contributed by atoms with Crippen LogP contribution in [0.3, 0.4) is 0 Å². The first-order chi connectivity index (χ1) is 12.7. The van der Waals surface area contributed by atoms with Crippen LogP contribution in [-0.2, 0) is 6.42 Å². The molecule has 1 atom stereocenters. The number of hydrogen-bond acceptors (Lipinski definition) is 4. The molecule has 1 aliphatic heterocycles. The van der Waals surface area contributed by atoms with E-state index < -0.39 is 0 Å². The molecule has 0 N–H and O–H groups in total. The lowest BCUT2D eigenvalue weighted by molar-refractivity contribution is 0.0998. The number of thioether (sulfide) groups is 1. The van der Waals surface area contributed by atoms with Crippen molar-refractivity contribution in [2.75, 3.05) is 19.4 Å². The standard InChI is InChI=1S/C21H23NO2S2/c1-24-19-10-6-5-9-17(19)11-12-21-22(13-14-26-21)20(25)15-18(23)16-7-3-2-4-8-16/h2-10,21H,11-15H2,1H3. The molecule has 1 saturated heterocycles. The maximum Gasteiger partial charge on any atom is 0.169 e. The van der Waals surface area contributed by atoms with Crippen LogP contribution in [0.1, 0.15) is 28.8 Å². The quantitative estimate of drug-likeness (QED) is 0.513. The zero-order valence-corrected chi connectivity index (χ0v) is 16.5. The van der Waals surface area contributed by atoms with Crippen molar-refractivity contribution in [3.63, 3.8) is 0 Å². The third kappa shape index (κ3) is 4.65. The van der Waals surface area contributed by atoms with Gasteiger partial charge in [0.2, 0.25) is 0 Å². The first-order valence-corrected chi connectivity index (χ1v) is 10.3. The number of carbonyl (C=O) groups excluding carboxylic acids is 1. The first-order valence-electron chi connectivity index (χ1n) is 8.80. The lowest BCUT2D eigenvalue weighted by Crippen LogP contribution is -2.35. The predicted octanol–water partition coefficient (Wildman–Crippen LogP) is 4.60. The lowest BCUT2D eigenvalue weighted by Gasteiger charge is -2.26. The highest BCUT2D eigenvalue weighted by Crippen LogP contribution is 2.30. The molecule has 0 radical (unpaired) electrons. The molecule has 0 spiro atoms. The molecule has 1 unspecified atom stereocenters. The number of hydrogen-bond donors (Lipinski definition) is 0. The van der Waals surface area contributed by atoms with Crippen LogP contribution in [-0.4, -0.2) is 40.5 Å². The molecule has 3 rings (SSSR count). The van der Waals surface area contributed by atoms with Gasteiger partial charge in [-0.3, -0.25) is 4.79 Å². The van der Waals surface area contributed by atoms with E-state index >= 15 is 0 Å². The number of carbonyl (C=O) groups is 1. The molecule has 0 saturated carbocycles. The number of benzene rings is 2. The Morgan fingerprint density at radius 1 is 1.19 bits per heavy atom. The van der Waals surface area contributed by atoms with Crippen molar-refractivity contribution < 1.29 is 9.53 Å². The van der Waals surface area contributed by atoms with E-state index in [1.807, 2.05) is 60.3 Å². The smallest absolute Gasteiger partial charge is 0.169 e. The molecular weight excluding hydrogens is 362 g/mol. The summed E-state index contributed by atoms with van der Waals surface area (Å²) in [7, 11) is 1.71. The van der Waals surface area contributed by atoms with E-state index in [1.165, 1.54) is 5.56 Å². The van der Waals surface area contributed by atoms with E-state index in [0.717, 1.165) is 41.4 Å². The summed E-state index contributed by atoms with van der Waals surface area (Å²) in [4.78, 5) is 15.4. The van der Waals surface area contributed by atoms with Gasteiger partial charge in [-0.05, 0) is 24.5 Å². The van der Waals surface area contributed by atoms with Crippen molar-refractivity contribution in [3.8, 4) is 5.75 Å². The predicted molar refractivity (Wildman–Crippen MR) is 112 cm³/mol. The average Bonchev–Trinajstić information content (AvgIpc) is 3.16. The molecule has 3 nitrogen and oxygen atoms in total. The van der Waals surface area contributed by atoms with Gasteiger partial charge in [-0.15, -0.1) is 11.8 Å². The average molecular weight is 386 g/mol. The molecular formula is C21H23NO2S2. The topological polar surface area (TPSA) is 29.5 Å². The van der Waals surface area contributed by atoms with Crippen molar-refractivity contribution in [1.29, 1.82) is 0 Å². The largest absolute Gasteiger partial charge is 0.496 e. The first kappa shape index (κ1) is 18.9. The fourth-order valence-electron chi connectivity index (χ4n) is 3.20. The minimum Gasteiger partial charge on any atom is -0.496 e. The zero-order chi connectivity index (χ0) is 18.4. The van der Waals surface area contributed by atoms with Gasteiger partial charge in [0.15, 0.2) is 5.78 Å². The summed E-state index contributed by atoms with van der Waals surface area (Å²) >= 11 is 7.53. The number of rotatable bonds is 7. The van der Waals surface area contributed by atoms with Gasteiger partial charge < -0.3 is 9.64 Å². The molecule has 5 heteroatoms. The second-order valence-corrected chi connectivity index (χ2v) is 7.99. The summed E-state index contributed by atoms with van der Waals surface area (Å²) < 4.78 is 5.45. The van der Waals surface area contributed by atoms with Crippen molar-refractivity contribution >= 4 is 34.8 Å². The maximum absolute atomic E-state index is 12.4. The third-order valence-electron chi connectivity index (χ3n) is 4.57. The highest BCUT2D eigenvalue weighted by atomic mass is 32.2. The van der Waals surface area contributed by atoms with Crippen LogP contribution in [0.5, 0.6) is 5.75 Å². The Morgan fingerprint density at radius 3 is 2.69 bits per heavy atom. The van der Waals surface area contributed by atoms with E-state index in [2.05, 4.69) is 11.0 Å². The Bertz CT molecular complexity index is 764. The number of ketones is 1. The molecule has 0 amide bonds. The summed E-state index contributed by atoms with van der Waals surface area (Å²) in [6.07, 6.45) is 2.24. The SMILES string of the molecule is COc1ccccc1CCC1SCCN1C(=S)CC(=O)c1ccccc1. The Kier molecular flexibility index (Phi) is 6.69. The van der Waals surface area contributed by atoms with Gasteiger partial charge in [0, 0.05) is 17.9 Å². The lowest BCUT2D eigenvalue weighted by atomic mass is 10.1. The Morgan fingerprint density at radius 2 is 1.92 bits per heavy atom. The summed E-state index contributed by atoms with van der Waals surface area (Å²) in [5.74, 6) is 2.08. The van der Waals surface area contributed by atoms with Gasteiger partial charge in [0.1, 0.15) is 5.75 Å². The molecule has 26 heavy (non-hydrogen) atoms. The van der Waals surface area contributed by atoms with Crippen LogP contribution in [0.25, 0.3) is 0 Å². The van der Waals surface area contributed by atoms with Crippen molar-refractivity contribution in [1.82, 2.24) is 4.90 Å². The number of ether oxygens (including phenoxy) is 1. The van der Waals surface area contributed by atoms with Crippen molar-refractivity contribution in [2.45, 2.75) is 24.6 Å². The number of aryl methyl sites for hydroxylation is 1. The monoisotopic (exact) mass is 385 g/mol. The normalized spacial score (nSPS) is 16.5. The molecule has 0 bridgehead atoms. The summed E-state index contributed by atoms with van der Waals surface area (Å²) in [6.45, 7) is 0.919. The van der Waals surface area contributed by atoms with Gasteiger partial charge in [0.05, 0.1) is 23.9 Å². The van der Waals surface area contributed by atoms with E-state index in [1.54, 1.807) is 7.11 Å². The summed E-state index contributed by atoms with van der Waals surface area (Å²) in [5.41, 5.74) is 1.95. The maximum atomic E-state index is 12.4. The van der Waals surface area contributed by atoms with E-state index in [-0.39, 0.29) is 5.78 Å². The van der Waals surface area contributed by atoms with Crippen LogP contribution < -0.4 is 4.74 Å². The molecule has 1 fully saturated rings. The molecule has 1 heterocycles. The molecule has 2 aromatic carbocycles. The fraction of sp³-hybridized carbons (Fsp3) is 0.333. The van der Waals surface area contributed by atoms with Crippen LogP contribution in [0.4, 0.5) is 0 Å². The summed E-state index contributed by atoms with van der Waals surface area (Å²) in [6, 6.07) is 17.5. The third-order valence-corrected chi connectivity index (χ3v) is 6.24. The minimum absolute atomic E-state index is 0.0935. The second-order valence-electron chi connectivity index (χ2n) is 6.23. The van der Waals surface area contributed by atoms with Gasteiger partial charge >= 0.3 is 0 Å². The van der Waals surface area contributed by atoms with Crippen LogP contribution in [0.15, 0.2) is 54.6 Å². The highest BCUT2D eigenvalue weighted by Gasteiger charge is 2.28. The number of para-hydroxylation sites is 1. The highest BCUT2D eigenvalue weighted by molar-refractivity contribution is 8.00. The zero-order valence-electron chi connectivity index (χ0n) is 14.9. The molecule has 0 aliphatic carbocycles. The molecule has 1 aliphatic rings. The second kappa shape index (κ2) is 9.19. The van der Waals surface area contributed by atoms with Crippen LogP contribution in [0, 0.1) is 0 Å². The van der Waals surface area contributed by atoms with Gasteiger partial charge in [0.25, 0.3) is 0 Å². The molecule has 136 valence electrons. The number of Topliss-reactive ketones (excluding diaryl/α,β-unsaturated/α-hetero) is 1. The number of thiocarbonyl (C=S) groups is 1. The van der Waals surface area contributed by atoms with E-state index in [9.17, 15) is 4.79 Å². The van der Waals surface area contributed by atoms with Crippen molar-refractivity contribution in [3.05, 3.63) is 65.7 Å². The Labute approximate surface area is 164 Å². The molecule has 2 aromatic rings. The number of nitrogens with zero attached hydrogens (tertiary/aromatic N) is 1. The van der Waals surface area contributed by atoms with Crippen LogP contribution >= 0.6 is 24.0 Å². The van der Waals surface area contributed by atoms with Crippen LogP contribution in [0.2, 0.25) is 0 Å². The Balaban J connectivity index is 1.59. The fourth-order valence-corrected chi connectivity index (χ4v) is 4.89. The summed E-state index contributed by atoms with van der Waals surface area (Å²) in [5, 5.41) is 0.330. The minimum atomic E-state index is 0.0935. The van der Waals surface area contributed by atoms with Gasteiger partial charge in [-0.1, -0.05) is 60.7 Å². The number of methoxy groups -OCH3 is 1. The van der Waals surface area contributed by atoms with E-state index in [0.29, 0.717) is 11.8 Å². The molecule has 0 aromatic heterocycles.